The number of fused-ring (bicyclic) bond motifs is 1. The number of piperidine rings is 1. The molecule has 2 N–H and O–H groups in total. The third kappa shape index (κ3) is 3.36. The number of H-pyrrole nitrogens is 1. The van der Waals surface area contributed by atoms with E-state index in [1.165, 1.54) is 22.2 Å². The normalized spacial score (nSPS) is 18.8. The second kappa shape index (κ2) is 7.54. The molecular formula is C21H25N3OS. The lowest BCUT2D eigenvalue weighted by atomic mass is 9.96. The molecule has 0 unspecified atom stereocenters. The average molecular weight is 368 g/mol. The molecule has 2 aromatic heterocycles. The Labute approximate surface area is 158 Å². The summed E-state index contributed by atoms with van der Waals surface area (Å²) in [6.45, 7) is 3.63. The van der Waals surface area contributed by atoms with Crippen LogP contribution in [0.5, 0.6) is 0 Å². The van der Waals surface area contributed by atoms with E-state index in [2.05, 4.69) is 59.1 Å². The van der Waals surface area contributed by atoms with Crippen LogP contribution in [0, 0.1) is 0 Å². The summed E-state index contributed by atoms with van der Waals surface area (Å²) in [5.74, 6) is 0.162. The van der Waals surface area contributed by atoms with E-state index in [9.17, 15) is 4.79 Å². The number of thiophene rings is 1. The number of hydrogen-bond donors (Lipinski definition) is 2. The van der Waals surface area contributed by atoms with Crippen LogP contribution in [0.15, 0.2) is 48.0 Å². The van der Waals surface area contributed by atoms with Gasteiger partial charge in [0.25, 0.3) is 0 Å². The number of aromatic nitrogens is 1. The minimum atomic E-state index is 0.0681. The van der Waals surface area contributed by atoms with Crippen LogP contribution in [0.2, 0.25) is 0 Å². The number of nitrogens with one attached hydrogen (secondary N) is 2. The number of amides is 2. The van der Waals surface area contributed by atoms with E-state index in [1.807, 2.05) is 11.0 Å². The highest BCUT2D eigenvalue weighted by Gasteiger charge is 2.25. The molecule has 1 aliphatic heterocycles. The van der Waals surface area contributed by atoms with Gasteiger partial charge in [0.1, 0.15) is 0 Å². The number of carbonyl (C=O) groups excluding carboxylic acids is 1. The molecule has 0 aliphatic carbocycles. The molecule has 26 heavy (non-hydrogen) atoms. The summed E-state index contributed by atoms with van der Waals surface area (Å²) in [4.78, 5) is 19.4. The Morgan fingerprint density at radius 3 is 3.00 bits per heavy atom. The van der Waals surface area contributed by atoms with Gasteiger partial charge in [-0.15, -0.1) is 11.3 Å². The third-order valence-corrected chi connectivity index (χ3v) is 6.39. The molecule has 0 bridgehead atoms. The molecule has 5 heteroatoms. The van der Waals surface area contributed by atoms with Crippen molar-refractivity contribution in [2.75, 3.05) is 13.1 Å². The average Bonchev–Trinajstić information content (AvgIpc) is 3.33. The van der Waals surface area contributed by atoms with Crippen LogP contribution in [0.25, 0.3) is 10.9 Å². The summed E-state index contributed by atoms with van der Waals surface area (Å²) in [6, 6.07) is 13.0. The van der Waals surface area contributed by atoms with Crippen molar-refractivity contribution < 1.29 is 4.79 Å². The highest BCUT2D eigenvalue weighted by Crippen LogP contribution is 2.33. The van der Waals surface area contributed by atoms with Gasteiger partial charge in [-0.1, -0.05) is 24.3 Å². The SMILES string of the molecule is C[C@H]1CCCCN1C(=O)NC[C@H](c1cccs1)c1c[nH]c2ccccc12. The molecule has 3 aromatic rings. The lowest BCUT2D eigenvalue weighted by Crippen LogP contribution is -2.48. The number of likely N-dealkylation sites (tertiary alicyclic amines) is 1. The highest BCUT2D eigenvalue weighted by atomic mass is 32.1. The smallest absolute Gasteiger partial charge is 0.317 e. The molecule has 0 saturated carbocycles. The van der Waals surface area contributed by atoms with Crippen molar-refractivity contribution in [3.05, 3.63) is 58.4 Å². The Kier molecular flexibility index (Phi) is 4.98. The van der Waals surface area contributed by atoms with E-state index in [4.69, 9.17) is 0 Å². The lowest BCUT2D eigenvalue weighted by molar-refractivity contribution is 0.158. The number of benzene rings is 1. The van der Waals surface area contributed by atoms with Crippen LogP contribution in [-0.4, -0.2) is 35.0 Å². The Balaban J connectivity index is 1.56. The number of para-hydroxylation sites is 1. The largest absolute Gasteiger partial charge is 0.361 e. The maximum absolute atomic E-state index is 12.7. The molecule has 4 rings (SSSR count). The number of aromatic amines is 1. The fourth-order valence-corrected chi connectivity index (χ4v) is 4.77. The number of hydrogen-bond acceptors (Lipinski definition) is 2. The molecule has 2 amide bonds. The van der Waals surface area contributed by atoms with Crippen LogP contribution >= 0.6 is 11.3 Å². The molecule has 1 aromatic carbocycles. The van der Waals surface area contributed by atoms with Crippen LogP contribution < -0.4 is 5.32 Å². The molecule has 1 fully saturated rings. The van der Waals surface area contributed by atoms with Crippen molar-refractivity contribution in [1.82, 2.24) is 15.2 Å². The van der Waals surface area contributed by atoms with Crippen LogP contribution in [0.4, 0.5) is 4.79 Å². The quantitative estimate of drug-likeness (QED) is 0.674. The van der Waals surface area contributed by atoms with Gasteiger partial charge in [-0.3, -0.25) is 0 Å². The van der Waals surface area contributed by atoms with Crippen LogP contribution in [-0.2, 0) is 0 Å². The van der Waals surface area contributed by atoms with E-state index < -0.39 is 0 Å². The zero-order valence-corrected chi connectivity index (χ0v) is 15.9. The van der Waals surface area contributed by atoms with E-state index >= 15 is 0 Å². The van der Waals surface area contributed by atoms with Gasteiger partial charge in [0.15, 0.2) is 0 Å². The van der Waals surface area contributed by atoms with Crippen molar-refractivity contribution >= 4 is 28.3 Å². The number of carbonyl (C=O) groups is 1. The highest BCUT2D eigenvalue weighted by molar-refractivity contribution is 7.10. The second-order valence-electron chi connectivity index (χ2n) is 7.08. The first kappa shape index (κ1) is 17.2. The molecule has 0 radical (unpaired) electrons. The first-order valence-electron chi connectivity index (χ1n) is 9.38. The summed E-state index contributed by atoms with van der Waals surface area (Å²) < 4.78 is 0. The Morgan fingerprint density at radius 2 is 2.19 bits per heavy atom. The topological polar surface area (TPSA) is 48.1 Å². The van der Waals surface area contributed by atoms with E-state index in [1.54, 1.807) is 11.3 Å². The zero-order chi connectivity index (χ0) is 17.9. The molecule has 1 saturated heterocycles. The van der Waals surface area contributed by atoms with Crippen LogP contribution in [0.1, 0.15) is 42.5 Å². The number of nitrogens with zero attached hydrogens (tertiary/aromatic N) is 1. The van der Waals surface area contributed by atoms with Crippen molar-refractivity contribution in [1.29, 1.82) is 0 Å². The molecule has 3 heterocycles. The summed E-state index contributed by atoms with van der Waals surface area (Å²) in [5.41, 5.74) is 2.38. The Morgan fingerprint density at radius 1 is 1.31 bits per heavy atom. The van der Waals surface area contributed by atoms with Gasteiger partial charge in [0.05, 0.1) is 0 Å². The van der Waals surface area contributed by atoms with Gasteiger partial charge < -0.3 is 15.2 Å². The zero-order valence-electron chi connectivity index (χ0n) is 15.1. The van der Waals surface area contributed by atoms with Gasteiger partial charge in [0.2, 0.25) is 0 Å². The summed E-state index contributed by atoms with van der Waals surface area (Å²) in [6.07, 6.45) is 5.52. The standard InChI is InChI=1S/C21H25N3OS/c1-15-7-4-5-11-24(15)21(25)23-14-18(20-10-6-12-26-20)17-13-22-19-9-3-2-8-16(17)19/h2-3,6,8-10,12-13,15,18,22H,4-5,7,11,14H2,1H3,(H,23,25)/t15-,18-/m0/s1. The van der Waals surface area contributed by atoms with Gasteiger partial charge in [-0.05, 0) is 49.3 Å². The first-order chi connectivity index (χ1) is 12.7. The maximum Gasteiger partial charge on any atom is 0.317 e. The lowest BCUT2D eigenvalue weighted by Gasteiger charge is -2.33. The minimum Gasteiger partial charge on any atom is -0.361 e. The van der Waals surface area contributed by atoms with Gasteiger partial charge in [-0.25, -0.2) is 4.79 Å². The minimum absolute atomic E-state index is 0.0681. The van der Waals surface area contributed by atoms with Crippen molar-refractivity contribution in [2.45, 2.75) is 38.1 Å². The fraction of sp³-hybridized carbons (Fsp3) is 0.381. The molecule has 2 atom stereocenters. The summed E-state index contributed by atoms with van der Waals surface area (Å²) >= 11 is 1.75. The van der Waals surface area contributed by atoms with Crippen molar-refractivity contribution in [2.24, 2.45) is 0 Å². The van der Waals surface area contributed by atoms with E-state index in [0.29, 0.717) is 12.6 Å². The van der Waals surface area contributed by atoms with Crippen LogP contribution in [0.3, 0.4) is 0 Å². The number of rotatable bonds is 4. The van der Waals surface area contributed by atoms with Crippen molar-refractivity contribution in [3.63, 3.8) is 0 Å². The molecule has 1 aliphatic rings. The summed E-state index contributed by atoms with van der Waals surface area (Å²) in [5, 5.41) is 6.54. The molecule has 0 spiro atoms. The van der Waals surface area contributed by atoms with Gasteiger partial charge in [0, 0.05) is 47.0 Å². The molecule has 4 nitrogen and oxygen atoms in total. The third-order valence-electron chi connectivity index (χ3n) is 5.40. The molecule has 136 valence electrons. The van der Waals surface area contributed by atoms with E-state index in [-0.39, 0.29) is 11.9 Å². The maximum atomic E-state index is 12.7. The van der Waals surface area contributed by atoms with Crippen molar-refractivity contribution in [3.8, 4) is 0 Å². The monoisotopic (exact) mass is 367 g/mol. The molecular weight excluding hydrogens is 342 g/mol. The van der Waals surface area contributed by atoms with Gasteiger partial charge >= 0.3 is 6.03 Å². The first-order valence-corrected chi connectivity index (χ1v) is 10.3. The number of urea groups is 1. The van der Waals surface area contributed by atoms with Gasteiger partial charge in [-0.2, -0.15) is 0 Å². The predicted molar refractivity (Wildman–Crippen MR) is 108 cm³/mol. The summed E-state index contributed by atoms with van der Waals surface area (Å²) in [7, 11) is 0. The Hall–Kier alpha value is -2.27. The van der Waals surface area contributed by atoms with E-state index in [0.717, 1.165) is 24.9 Å². The second-order valence-corrected chi connectivity index (χ2v) is 8.06. The Bertz CT molecular complexity index is 870. The fourth-order valence-electron chi connectivity index (χ4n) is 3.93. The predicted octanol–water partition coefficient (Wildman–Crippen LogP) is 4.95.